The van der Waals surface area contributed by atoms with E-state index in [1.54, 1.807) is 0 Å². The van der Waals surface area contributed by atoms with E-state index in [0.29, 0.717) is 5.92 Å². The third-order valence-electron chi connectivity index (χ3n) is 2.90. The third-order valence-corrected chi connectivity index (χ3v) is 2.90. The average molecular weight is 182 g/mol. The number of piperazine rings is 1. The Morgan fingerprint density at radius 1 is 1.31 bits per heavy atom. The summed E-state index contributed by atoms with van der Waals surface area (Å²) in [6, 6.07) is 0. The summed E-state index contributed by atoms with van der Waals surface area (Å²) >= 11 is 0. The van der Waals surface area contributed by atoms with Gasteiger partial charge in [0.1, 0.15) is 0 Å². The summed E-state index contributed by atoms with van der Waals surface area (Å²) in [5.41, 5.74) is 0. The minimum atomic E-state index is 0.666. The van der Waals surface area contributed by atoms with Gasteiger partial charge in [0, 0.05) is 26.2 Å². The van der Waals surface area contributed by atoms with E-state index in [4.69, 9.17) is 0 Å². The van der Waals surface area contributed by atoms with E-state index in [1.165, 1.54) is 39.1 Å². The van der Waals surface area contributed by atoms with Gasteiger partial charge in [0.15, 0.2) is 0 Å². The molecule has 1 aliphatic rings. The molecule has 0 aromatic rings. The number of nitrogens with zero attached hydrogens (tertiary/aromatic N) is 2. The van der Waals surface area contributed by atoms with Crippen molar-refractivity contribution in [3.63, 3.8) is 0 Å². The molecule has 2 nitrogen and oxygen atoms in total. The SMILES string of the molecule is C=C[C@H](C)CCN1CCN(C)CC1. The standard InChI is InChI=1S/C11H22N2/c1-4-11(2)5-6-13-9-7-12(3)8-10-13/h4,11H,1,5-10H2,2-3H3/t11-/m0/s1. The van der Waals surface area contributed by atoms with Gasteiger partial charge in [0.25, 0.3) is 0 Å². The zero-order chi connectivity index (χ0) is 9.68. The molecule has 0 aromatic carbocycles. The van der Waals surface area contributed by atoms with Crippen molar-refractivity contribution in [2.75, 3.05) is 39.8 Å². The molecule has 1 fully saturated rings. The Morgan fingerprint density at radius 2 is 1.92 bits per heavy atom. The molecule has 0 N–H and O–H groups in total. The molecule has 0 spiro atoms. The van der Waals surface area contributed by atoms with E-state index < -0.39 is 0 Å². The fourth-order valence-corrected chi connectivity index (χ4v) is 1.58. The molecule has 2 heteroatoms. The van der Waals surface area contributed by atoms with Gasteiger partial charge in [-0.2, -0.15) is 0 Å². The molecule has 0 bridgehead atoms. The van der Waals surface area contributed by atoms with Crippen LogP contribution in [0.2, 0.25) is 0 Å². The maximum atomic E-state index is 3.81. The fraction of sp³-hybridized carbons (Fsp3) is 0.818. The summed E-state index contributed by atoms with van der Waals surface area (Å²) in [5, 5.41) is 0. The Bertz CT molecular complexity index is 148. The first-order valence-electron chi connectivity index (χ1n) is 5.26. The lowest BCUT2D eigenvalue weighted by molar-refractivity contribution is 0.150. The van der Waals surface area contributed by atoms with Crippen LogP contribution in [0.3, 0.4) is 0 Å². The van der Waals surface area contributed by atoms with Crippen LogP contribution in [0.25, 0.3) is 0 Å². The Balaban J connectivity index is 2.12. The Labute approximate surface area is 82.2 Å². The van der Waals surface area contributed by atoms with Gasteiger partial charge in [-0.1, -0.05) is 13.0 Å². The van der Waals surface area contributed by atoms with Crippen LogP contribution in [-0.4, -0.2) is 49.6 Å². The van der Waals surface area contributed by atoms with Crippen LogP contribution in [-0.2, 0) is 0 Å². The van der Waals surface area contributed by atoms with E-state index in [2.05, 4.69) is 36.4 Å². The second-order valence-electron chi connectivity index (χ2n) is 4.15. The minimum absolute atomic E-state index is 0.666. The van der Waals surface area contributed by atoms with Gasteiger partial charge in [0.05, 0.1) is 0 Å². The highest BCUT2D eigenvalue weighted by atomic mass is 15.2. The van der Waals surface area contributed by atoms with E-state index >= 15 is 0 Å². The monoisotopic (exact) mass is 182 g/mol. The first-order valence-corrected chi connectivity index (χ1v) is 5.26. The molecule has 76 valence electrons. The van der Waals surface area contributed by atoms with Crippen molar-refractivity contribution in [3.8, 4) is 0 Å². The molecular weight excluding hydrogens is 160 g/mol. The van der Waals surface area contributed by atoms with Crippen molar-refractivity contribution in [1.82, 2.24) is 9.80 Å². The van der Waals surface area contributed by atoms with Crippen LogP contribution in [0.4, 0.5) is 0 Å². The van der Waals surface area contributed by atoms with Crippen LogP contribution in [0, 0.1) is 5.92 Å². The van der Waals surface area contributed by atoms with Gasteiger partial charge in [-0.3, -0.25) is 0 Å². The van der Waals surface area contributed by atoms with E-state index in [1.807, 2.05) is 0 Å². The Morgan fingerprint density at radius 3 is 2.46 bits per heavy atom. The van der Waals surface area contributed by atoms with E-state index in [9.17, 15) is 0 Å². The van der Waals surface area contributed by atoms with Crippen LogP contribution in [0.15, 0.2) is 12.7 Å². The number of hydrogen-bond donors (Lipinski definition) is 0. The lowest BCUT2D eigenvalue weighted by atomic mass is 10.1. The predicted octanol–water partition coefficient (Wildman–Crippen LogP) is 1.45. The summed E-state index contributed by atoms with van der Waals surface area (Å²) in [6.07, 6.45) is 3.31. The first-order chi connectivity index (χ1) is 6.22. The number of likely N-dealkylation sites (N-methyl/N-ethyl adjacent to an activating group) is 1. The normalized spacial score (nSPS) is 22.9. The maximum absolute atomic E-state index is 3.81. The molecule has 0 unspecified atom stereocenters. The summed E-state index contributed by atoms with van der Waals surface area (Å²) < 4.78 is 0. The van der Waals surface area contributed by atoms with Crippen LogP contribution < -0.4 is 0 Å². The molecular formula is C11H22N2. The van der Waals surface area contributed by atoms with Crippen molar-refractivity contribution in [2.24, 2.45) is 5.92 Å². The van der Waals surface area contributed by atoms with Crippen molar-refractivity contribution in [3.05, 3.63) is 12.7 Å². The number of rotatable bonds is 4. The lowest BCUT2D eigenvalue weighted by Crippen LogP contribution is -2.44. The van der Waals surface area contributed by atoms with Crippen LogP contribution in [0.5, 0.6) is 0 Å². The second kappa shape index (κ2) is 5.40. The molecule has 1 aliphatic heterocycles. The molecule has 1 atom stereocenters. The second-order valence-corrected chi connectivity index (χ2v) is 4.15. The highest BCUT2D eigenvalue weighted by Crippen LogP contribution is 2.06. The number of hydrogen-bond acceptors (Lipinski definition) is 2. The molecule has 13 heavy (non-hydrogen) atoms. The van der Waals surface area contributed by atoms with Gasteiger partial charge in [-0.15, -0.1) is 6.58 Å². The van der Waals surface area contributed by atoms with Crippen molar-refractivity contribution in [2.45, 2.75) is 13.3 Å². The molecule has 0 aromatic heterocycles. The third kappa shape index (κ3) is 3.92. The van der Waals surface area contributed by atoms with Crippen molar-refractivity contribution in [1.29, 1.82) is 0 Å². The fourth-order valence-electron chi connectivity index (χ4n) is 1.58. The molecule has 1 saturated heterocycles. The van der Waals surface area contributed by atoms with Gasteiger partial charge in [-0.05, 0) is 25.9 Å². The smallest absolute Gasteiger partial charge is 0.0110 e. The van der Waals surface area contributed by atoms with Gasteiger partial charge < -0.3 is 9.80 Å². The highest BCUT2D eigenvalue weighted by Gasteiger charge is 2.13. The predicted molar refractivity (Wildman–Crippen MR) is 57.9 cm³/mol. The zero-order valence-corrected chi connectivity index (χ0v) is 9.00. The zero-order valence-electron chi connectivity index (χ0n) is 9.00. The Kier molecular flexibility index (Phi) is 4.46. The number of allylic oxidation sites excluding steroid dienone is 1. The topological polar surface area (TPSA) is 6.48 Å². The molecule has 0 radical (unpaired) electrons. The Hall–Kier alpha value is -0.340. The minimum Gasteiger partial charge on any atom is -0.304 e. The lowest BCUT2D eigenvalue weighted by Gasteiger charge is -2.32. The molecule has 0 saturated carbocycles. The maximum Gasteiger partial charge on any atom is 0.0110 e. The molecule has 0 amide bonds. The largest absolute Gasteiger partial charge is 0.304 e. The van der Waals surface area contributed by atoms with Gasteiger partial charge in [0.2, 0.25) is 0 Å². The molecule has 1 heterocycles. The van der Waals surface area contributed by atoms with E-state index in [0.717, 1.165) is 0 Å². The quantitative estimate of drug-likeness (QED) is 0.607. The average Bonchev–Trinajstić information content (AvgIpc) is 2.16. The summed E-state index contributed by atoms with van der Waals surface area (Å²) in [6.45, 7) is 12.2. The first kappa shape index (κ1) is 10.7. The summed E-state index contributed by atoms with van der Waals surface area (Å²) in [5.74, 6) is 0.666. The van der Waals surface area contributed by atoms with Crippen molar-refractivity contribution >= 4 is 0 Å². The summed E-state index contributed by atoms with van der Waals surface area (Å²) in [7, 11) is 2.20. The summed E-state index contributed by atoms with van der Waals surface area (Å²) in [4.78, 5) is 4.95. The highest BCUT2D eigenvalue weighted by molar-refractivity contribution is 4.77. The van der Waals surface area contributed by atoms with Crippen molar-refractivity contribution < 1.29 is 0 Å². The van der Waals surface area contributed by atoms with E-state index in [-0.39, 0.29) is 0 Å². The van der Waals surface area contributed by atoms with Crippen LogP contribution >= 0.6 is 0 Å². The molecule has 1 rings (SSSR count). The van der Waals surface area contributed by atoms with Gasteiger partial charge >= 0.3 is 0 Å². The van der Waals surface area contributed by atoms with Crippen LogP contribution in [0.1, 0.15) is 13.3 Å². The molecule has 0 aliphatic carbocycles. The van der Waals surface area contributed by atoms with Gasteiger partial charge in [-0.25, -0.2) is 0 Å².